The van der Waals surface area contributed by atoms with Crippen molar-refractivity contribution in [3.63, 3.8) is 0 Å². The number of hydrogen-bond donors (Lipinski definition) is 4. The summed E-state index contributed by atoms with van der Waals surface area (Å²) in [6, 6.07) is -0.805. The fourth-order valence-electron chi connectivity index (χ4n) is 1.33. The van der Waals surface area contributed by atoms with Crippen LogP contribution in [-0.2, 0) is 14.4 Å². The summed E-state index contributed by atoms with van der Waals surface area (Å²) in [6.45, 7) is 0.430. The molecule has 0 aromatic carbocycles. The molecule has 1 amide bonds. The number of carbonyl (C=O) groups excluding carboxylic acids is 1. The third-order valence-electron chi connectivity index (χ3n) is 2.37. The molecule has 7 heteroatoms. The van der Waals surface area contributed by atoms with Crippen molar-refractivity contribution in [3.8, 4) is 0 Å². The molecule has 0 aliphatic heterocycles. The van der Waals surface area contributed by atoms with Crippen molar-refractivity contribution >= 4 is 17.8 Å². The van der Waals surface area contributed by atoms with Gasteiger partial charge in [0.15, 0.2) is 0 Å². The minimum Gasteiger partial charge on any atom is -0.481 e. The van der Waals surface area contributed by atoms with Crippen molar-refractivity contribution < 1.29 is 24.6 Å². The van der Waals surface area contributed by atoms with Crippen LogP contribution in [0.1, 0.15) is 38.5 Å². The van der Waals surface area contributed by atoms with Gasteiger partial charge in [-0.15, -0.1) is 0 Å². The minimum atomic E-state index is -0.980. The first-order valence-corrected chi connectivity index (χ1v) is 5.90. The van der Waals surface area contributed by atoms with Gasteiger partial charge in [-0.05, 0) is 19.3 Å². The predicted octanol–water partition coefficient (Wildman–Crippen LogP) is -0.0603. The molecule has 0 unspecified atom stereocenters. The van der Waals surface area contributed by atoms with Crippen LogP contribution in [-0.4, -0.2) is 40.6 Å². The van der Waals surface area contributed by atoms with Gasteiger partial charge >= 0.3 is 11.9 Å². The third-order valence-corrected chi connectivity index (χ3v) is 2.37. The number of carboxylic acid groups (broad SMARTS) is 2. The Morgan fingerprint density at radius 3 is 2.17 bits per heavy atom. The van der Waals surface area contributed by atoms with Gasteiger partial charge < -0.3 is 21.3 Å². The standard InChI is InChI=1S/C11H20N2O5/c12-8(5-6-10(16)17)11(18)13-7-3-1-2-4-9(14)15/h8H,1-7,12H2,(H,13,18)(H,14,15)(H,16,17)/t8-/m0/s1. The molecule has 0 spiro atoms. The van der Waals surface area contributed by atoms with Gasteiger partial charge in [-0.25, -0.2) is 0 Å². The van der Waals surface area contributed by atoms with Crippen molar-refractivity contribution in [3.05, 3.63) is 0 Å². The largest absolute Gasteiger partial charge is 0.481 e. The van der Waals surface area contributed by atoms with Crippen molar-refractivity contribution in [1.82, 2.24) is 5.32 Å². The SMILES string of the molecule is N[C@@H](CCC(=O)O)C(=O)NCCCCCC(=O)O. The van der Waals surface area contributed by atoms with E-state index in [1.165, 1.54) is 0 Å². The smallest absolute Gasteiger partial charge is 0.303 e. The molecule has 18 heavy (non-hydrogen) atoms. The maximum absolute atomic E-state index is 11.4. The number of carbonyl (C=O) groups is 3. The monoisotopic (exact) mass is 260 g/mol. The second-order valence-corrected chi connectivity index (χ2v) is 4.03. The van der Waals surface area contributed by atoms with Gasteiger partial charge in [-0.1, -0.05) is 6.42 Å². The third kappa shape index (κ3) is 9.59. The number of nitrogens with two attached hydrogens (primary N) is 1. The molecule has 0 saturated heterocycles. The predicted molar refractivity (Wildman–Crippen MR) is 64.0 cm³/mol. The molecule has 0 aliphatic rings. The van der Waals surface area contributed by atoms with Crippen LogP contribution in [0.3, 0.4) is 0 Å². The molecular formula is C11H20N2O5. The number of hydrogen-bond acceptors (Lipinski definition) is 4. The first-order valence-electron chi connectivity index (χ1n) is 5.90. The summed E-state index contributed by atoms with van der Waals surface area (Å²) in [5.74, 6) is -2.17. The van der Waals surface area contributed by atoms with Crippen LogP contribution < -0.4 is 11.1 Å². The van der Waals surface area contributed by atoms with Gasteiger partial charge in [0.1, 0.15) is 0 Å². The molecule has 7 nitrogen and oxygen atoms in total. The van der Waals surface area contributed by atoms with Gasteiger partial charge in [0, 0.05) is 19.4 Å². The topological polar surface area (TPSA) is 130 Å². The number of nitrogens with one attached hydrogen (secondary N) is 1. The maximum Gasteiger partial charge on any atom is 0.303 e. The van der Waals surface area contributed by atoms with Gasteiger partial charge in [0.2, 0.25) is 5.91 Å². The summed E-state index contributed by atoms with van der Waals surface area (Å²) in [5, 5.41) is 19.4. The summed E-state index contributed by atoms with van der Waals surface area (Å²) >= 11 is 0. The molecule has 0 aliphatic carbocycles. The molecule has 0 fully saturated rings. The average molecular weight is 260 g/mol. The zero-order chi connectivity index (χ0) is 14.0. The zero-order valence-electron chi connectivity index (χ0n) is 10.2. The van der Waals surface area contributed by atoms with Crippen LogP contribution in [0.5, 0.6) is 0 Å². The van der Waals surface area contributed by atoms with E-state index in [0.29, 0.717) is 19.4 Å². The van der Waals surface area contributed by atoms with Crippen molar-refractivity contribution in [2.45, 2.75) is 44.6 Å². The van der Waals surface area contributed by atoms with Crippen molar-refractivity contribution in [1.29, 1.82) is 0 Å². The minimum absolute atomic E-state index is 0.111. The Balaban J connectivity index is 3.51. The van der Waals surface area contributed by atoms with E-state index in [1.807, 2.05) is 0 Å². The Hall–Kier alpha value is -1.63. The Morgan fingerprint density at radius 1 is 1.00 bits per heavy atom. The number of carboxylic acids is 2. The van der Waals surface area contributed by atoms with Gasteiger partial charge in [-0.3, -0.25) is 14.4 Å². The first kappa shape index (κ1) is 16.4. The molecular weight excluding hydrogens is 240 g/mol. The van der Waals surface area contributed by atoms with Crippen molar-refractivity contribution in [2.75, 3.05) is 6.54 Å². The van der Waals surface area contributed by atoms with Crippen LogP contribution in [0.4, 0.5) is 0 Å². The van der Waals surface area contributed by atoms with E-state index < -0.39 is 18.0 Å². The lowest BCUT2D eigenvalue weighted by atomic mass is 10.1. The Bertz CT molecular complexity index is 293. The second kappa shape index (κ2) is 9.41. The quantitative estimate of drug-likeness (QED) is 0.407. The van der Waals surface area contributed by atoms with E-state index in [4.69, 9.17) is 15.9 Å². The lowest BCUT2D eigenvalue weighted by molar-refractivity contribution is -0.138. The molecule has 0 radical (unpaired) electrons. The van der Waals surface area contributed by atoms with E-state index in [-0.39, 0.29) is 25.2 Å². The fraction of sp³-hybridized carbons (Fsp3) is 0.727. The van der Waals surface area contributed by atoms with Crippen LogP contribution in [0.25, 0.3) is 0 Å². The van der Waals surface area contributed by atoms with E-state index >= 15 is 0 Å². The number of amides is 1. The number of rotatable bonds is 10. The van der Waals surface area contributed by atoms with E-state index in [0.717, 1.165) is 6.42 Å². The molecule has 5 N–H and O–H groups in total. The number of unbranched alkanes of at least 4 members (excludes halogenated alkanes) is 2. The normalized spacial score (nSPS) is 11.8. The Kier molecular flexibility index (Phi) is 8.55. The summed E-state index contributed by atoms with van der Waals surface area (Å²) in [4.78, 5) is 31.9. The lowest BCUT2D eigenvalue weighted by Gasteiger charge is -2.10. The molecule has 0 bridgehead atoms. The zero-order valence-corrected chi connectivity index (χ0v) is 10.2. The highest BCUT2D eigenvalue weighted by Gasteiger charge is 2.13. The summed E-state index contributed by atoms with van der Waals surface area (Å²) < 4.78 is 0. The highest BCUT2D eigenvalue weighted by Crippen LogP contribution is 1.99. The van der Waals surface area contributed by atoms with Crippen LogP contribution in [0.2, 0.25) is 0 Å². The highest BCUT2D eigenvalue weighted by molar-refractivity contribution is 5.82. The lowest BCUT2D eigenvalue weighted by Crippen LogP contribution is -2.41. The van der Waals surface area contributed by atoms with E-state index in [1.54, 1.807) is 0 Å². The van der Waals surface area contributed by atoms with Gasteiger partial charge in [0.25, 0.3) is 0 Å². The highest BCUT2D eigenvalue weighted by atomic mass is 16.4. The summed E-state index contributed by atoms with van der Waals surface area (Å²) in [7, 11) is 0. The molecule has 0 heterocycles. The molecule has 0 rings (SSSR count). The van der Waals surface area contributed by atoms with Crippen molar-refractivity contribution in [2.24, 2.45) is 5.73 Å². The molecule has 0 aromatic heterocycles. The van der Waals surface area contributed by atoms with Crippen LogP contribution in [0, 0.1) is 0 Å². The van der Waals surface area contributed by atoms with E-state index in [2.05, 4.69) is 5.32 Å². The first-order chi connectivity index (χ1) is 8.43. The van der Waals surface area contributed by atoms with Gasteiger partial charge in [0.05, 0.1) is 6.04 Å². The average Bonchev–Trinajstić information content (AvgIpc) is 2.29. The molecule has 0 aromatic rings. The maximum atomic E-state index is 11.4. The Morgan fingerprint density at radius 2 is 1.61 bits per heavy atom. The second-order valence-electron chi connectivity index (χ2n) is 4.03. The summed E-state index contributed by atoms with van der Waals surface area (Å²) in [5.41, 5.74) is 5.49. The number of aliphatic carboxylic acids is 2. The van der Waals surface area contributed by atoms with Crippen LogP contribution in [0.15, 0.2) is 0 Å². The fourth-order valence-corrected chi connectivity index (χ4v) is 1.33. The molecule has 0 saturated carbocycles. The van der Waals surface area contributed by atoms with E-state index in [9.17, 15) is 14.4 Å². The molecule has 104 valence electrons. The Labute approximate surface area is 105 Å². The summed E-state index contributed by atoms with van der Waals surface area (Å²) in [6.07, 6.45) is 2.09. The molecule has 1 atom stereocenters. The van der Waals surface area contributed by atoms with Crippen LogP contribution >= 0.6 is 0 Å². The van der Waals surface area contributed by atoms with Gasteiger partial charge in [-0.2, -0.15) is 0 Å².